The molecule has 1 saturated heterocycles. The molecule has 0 saturated carbocycles. The van der Waals surface area contributed by atoms with Crippen LogP contribution in [0.15, 0.2) is 46.3 Å². The van der Waals surface area contributed by atoms with Gasteiger partial charge in [-0.25, -0.2) is 0 Å². The molecule has 2 aromatic heterocycles. The highest BCUT2D eigenvalue weighted by atomic mass is 32.1. The fraction of sp³-hybridized carbons (Fsp3) is 0.350. The number of carbonyl (C=O) groups is 1. The molecule has 3 heterocycles. The molecule has 7 heteroatoms. The van der Waals surface area contributed by atoms with Gasteiger partial charge in [-0.3, -0.25) is 9.69 Å². The van der Waals surface area contributed by atoms with Crippen molar-refractivity contribution in [3.8, 4) is 11.4 Å². The number of hydrogen-bond donors (Lipinski definition) is 0. The van der Waals surface area contributed by atoms with Gasteiger partial charge < -0.3 is 9.42 Å². The minimum Gasteiger partial charge on any atom is -0.337 e. The molecule has 0 aliphatic carbocycles. The zero-order valence-corrected chi connectivity index (χ0v) is 16.3. The van der Waals surface area contributed by atoms with Gasteiger partial charge >= 0.3 is 0 Å². The van der Waals surface area contributed by atoms with E-state index in [2.05, 4.69) is 28.9 Å². The number of thiophene rings is 1. The van der Waals surface area contributed by atoms with Crippen molar-refractivity contribution >= 4 is 17.2 Å². The Labute approximate surface area is 162 Å². The zero-order valence-electron chi connectivity index (χ0n) is 15.5. The normalized spacial score (nSPS) is 16.4. The second-order valence-electron chi connectivity index (χ2n) is 6.80. The first-order valence-electron chi connectivity index (χ1n) is 9.09. The van der Waals surface area contributed by atoms with Crippen LogP contribution in [0, 0.1) is 6.92 Å². The lowest BCUT2D eigenvalue weighted by atomic mass is 10.1. The molecule has 6 nitrogen and oxygen atoms in total. The number of nitrogens with zero attached hydrogens (tertiary/aromatic N) is 4. The van der Waals surface area contributed by atoms with E-state index >= 15 is 0 Å². The molecule has 0 bridgehead atoms. The number of hydrogen-bond acceptors (Lipinski definition) is 6. The number of benzene rings is 1. The second-order valence-corrected chi connectivity index (χ2v) is 7.75. The minimum atomic E-state index is 0.0238. The summed E-state index contributed by atoms with van der Waals surface area (Å²) < 4.78 is 5.52. The summed E-state index contributed by atoms with van der Waals surface area (Å²) in [7, 11) is 0. The second kappa shape index (κ2) is 7.62. The Morgan fingerprint density at radius 1 is 1.15 bits per heavy atom. The lowest BCUT2D eigenvalue weighted by Crippen LogP contribution is -2.49. The third kappa shape index (κ3) is 3.79. The summed E-state index contributed by atoms with van der Waals surface area (Å²) >= 11 is 1.49. The monoisotopic (exact) mass is 382 g/mol. The molecule has 1 aromatic carbocycles. The topological polar surface area (TPSA) is 62.5 Å². The van der Waals surface area contributed by atoms with E-state index in [9.17, 15) is 4.79 Å². The molecular weight excluding hydrogens is 360 g/mol. The molecule has 3 aromatic rings. The molecular formula is C20H22N4O2S. The van der Waals surface area contributed by atoms with Gasteiger partial charge in [0.1, 0.15) is 0 Å². The molecule has 1 atom stereocenters. The molecule has 1 aliphatic rings. The average Bonchev–Trinajstić information content (AvgIpc) is 3.40. The van der Waals surface area contributed by atoms with Crippen molar-refractivity contribution in [2.24, 2.45) is 0 Å². The van der Waals surface area contributed by atoms with Gasteiger partial charge in [-0.15, -0.1) is 11.3 Å². The molecule has 1 unspecified atom stereocenters. The van der Waals surface area contributed by atoms with Crippen LogP contribution in [0.25, 0.3) is 11.4 Å². The van der Waals surface area contributed by atoms with Crippen LogP contribution in [0.3, 0.4) is 0 Å². The molecule has 0 radical (unpaired) electrons. The van der Waals surface area contributed by atoms with Crippen LogP contribution in [-0.2, 0) is 0 Å². The highest BCUT2D eigenvalue weighted by Crippen LogP contribution is 2.24. The Morgan fingerprint density at radius 3 is 2.56 bits per heavy atom. The quantitative estimate of drug-likeness (QED) is 0.690. The standard InChI is InChI=1S/C20H22N4O2S/c1-14-5-7-16(8-6-14)18-21-19(26-22-18)15(2)23-9-11-24(12-10-23)20(25)17-4-3-13-27-17/h3-8,13,15H,9-12H2,1-2H3. The number of aromatic nitrogens is 2. The van der Waals surface area contributed by atoms with E-state index < -0.39 is 0 Å². The van der Waals surface area contributed by atoms with E-state index in [0.717, 1.165) is 23.5 Å². The highest BCUT2D eigenvalue weighted by molar-refractivity contribution is 7.12. The maximum Gasteiger partial charge on any atom is 0.264 e. The Morgan fingerprint density at radius 2 is 1.89 bits per heavy atom. The number of amides is 1. The van der Waals surface area contributed by atoms with Crippen LogP contribution in [-0.4, -0.2) is 52.0 Å². The predicted octanol–water partition coefficient (Wildman–Crippen LogP) is 3.63. The van der Waals surface area contributed by atoms with E-state index in [1.54, 1.807) is 0 Å². The van der Waals surface area contributed by atoms with Crippen LogP contribution in [0.4, 0.5) is 0 Å². The van der Waals surface area contributed by atoms with Gasteiger partial charge in [0.2, 0.25) is 11.7 Å². The lowest BCUT2D eigenvalue weighted by Gasteiger charge is -2.36. The van der Waals surface area contributed by atoms with Gasteiger partial charge in [-0.1, -0.05) is 41.1 Å². The summed E-state index contributed by atoms with van der Waals surface area (Å²) in [6, 6.07) is 11.9. The highest BCUT2D eigenvalue weighted by Gasteiger charge is 2.28. The Kier molecular flexibility index (Phi) is 5.05. The molecule has 1 amide bonds. The van der Waals surface area contributed by atoms with Crippen molar-refractivity contribution < 1.29 is 9.32 Å². The van der Waals surface area contributed by atoms with Crippen molar-refractivity contribution in [1.29, 1.82) is 0 Å². The van der Waals surface area contributed by atoms with Gasteiger partial charge in [0.15, 0.2) is 0 Å². The minimum absolute atomic E-state index is 0.0238. The lowest BCUT2D eigenvalue weighted by molar-refractivity contribution is 0.0556. The molecule has 1 aliphatic heterocycles. The fourth-order valence-corrected chi connectivity index (χ4v) is 3.94. The third-order valence-corrected chi connectivity index (χ3v) is 5.85. The maximum atomic E-state index is 12.5. The van der Waals surface area contributed by atoms with Crippen LogP contribution in [0.1, 0.15) is 34.1 Å². The Hall–Kier alpha value is -2.51. The van der Waals surface area contributed by atoms with Gasteiger partial charge in [0.05, 0.1) is 10.9 Å². The maximum absolute atomic E-state index is 12.5. The first kappa shape index (κ1) is 17.9. The van der Waals surface area contributed by atoms with E-state index in [-0.39, 0.29) is 11.9 Å². The first-order valence-corrected chi connectivity index (χ1v) is 9.97. The number of carbonyl (C=O) groups excluding carboxylic acids is 1. The Bertz CT molecular complexity index is 896. The summed E-state index contributed by atoms with van der Waals surface area (Å²) in [6.45, 7) is 7.13. The number of rotatable bonds is 4. The summed E-state index contributed by atoms with van der Waals surface area (Å²) in [6.07, 6.45) is 0. The van der Waals surface area contributed by atoms with Crippen molar-refractivity contribution in [3.05, 3.63) is 58.1 Å². The van der Waals surface area contributed by atoms with Crippen LogP contribution in [0.5, 0.6) is 0 Å². The summed E-state index contributed by atoms with van der Waals surface area (Å²) in [5, 5.41) is 6.07. The van der Waals surface area contributed by atoms with E-state index in [0.29, 0.717) is 24.8 Å². The third-order valence-electron chi connectivity index (χ3n) is 4.99. The van der Waals surface area contributed by atoms with Crippen LogP contribution >= 0.6 is 11.3 Å². The van der Waals surface area contributed by atoms with Gasteiger partial charge in [0, 0.05) is 31.7 Å². The van der Waals surface area contributed by atoms with Crippen molar-refractivity contribution in [2.45, 2.75) is 19.9 Å². The van der Waals surface area contributed by atoms with Crippen molar-refractivity contribution in [3.63, 3.8) is 0 Å². The number of aryl methyl sites for hydroxylation is 1. The Balaban J connectivity index is 1.39. The van der Waals surface area contributed by atoms with Crippen molar-refractivity contribution in [1.82, 2.24) is 19.9 Å². The predicted molar refractivity (Wildman–Crippen MR) is 105 cm³/mol. The smallest absolute Gasteiger partial charge is 0.264 e. The molecule has 140 valence electrons. The van der Waals surface area contributed by atoms with E-state index in [1.807, 2.05) is 46.7 Å². The fourth-order valence-electron chi connectivity index (χ4n) is 3.25. The largest absolute Gasteiger partial charge is 0.337 e. The molecule has 0 N–H and O–H groups in total. The zero-order chi connectivity index (χ0) is 18.8. The first-order chi connectivity index (χ1) is 13.1. The summed E-state index contributed by atoms with van der Waals surface area (Å²) in [5.41, 5.74) is 2.15. The van der Waals surface area contributed by atoms with Gasteiger partial charge in [-0.05, 0) is 25.3 Å². The summed E-state index contributed by atoms with van der Waals surface area (Å²) in [4.78, 5) is 22.1. The van der Waals surface area contributed by atoms with Gasteiger partial charge in [-0.2, -0.15) is 4.98 Å². The van der Waals surface area contributed by atoms with Crippen LogP contribution < -0.4 is 0 Å². The van der Waals surface area contributed by atoms with Crippen molar-refractivity contribution in [2.75, 3.05) is 26.2 Å². The average molecular weight is 382 g/mol. The SMILES string of the molecule is Cc1ccc(-c2noc(C(C)N3CCN(C(=O)c4cccs4)CC3)n2)cc1. The van der Waals surface area contributed by atoms with E-state index in [4.69, 9.17) is 4.52 Å². The molecule has 1 fully saturated rings. The molecule has 4 rings (SSSR count). The van der Waals surface area contributed by atoms with Gasteiger partial charge in [0.25, 0.3) is 5.91 Å². The molecule has 0 spiro atoms. The summed E-state index contributed by atoms with van der Waals surface area (Å²) in [5.74, 6) is 1.35. The van der Waals surface area contributed by atoms with Crippen LogP contribution in [0.2, 0.25) is 0 Å². The number of piperazine rings is 1. The van der Waals surface area contributed by atoms with E-state index in [1.165, 1.54) is 16.9 Å². The molecule has 27 heavy (non-hydrogen) atoms.